The van der Waals surface area contributed by atoms with Gasteiger partial charge in [0.2, 0.25) is 0 Å². The van der Waals surface area contributed by atoms with Crippen molar-refractivity contribution in [1.29, 1.82) is 0 Å². The molecule has 0 aliphatic heterocycles. The van der Waals surface area contributed by atoms with E-state index in [9.17, 15) is 4.79 Å². The van der Waals surface area contributed by atoms with E-state index in [2.05, 4.69) is 4.98 Å². The predicted octanol–water partition coefficient (Wildman–Crippen LogP) is 1.16. The van der Waals surface area contributed by atoms with Gasteiger partial charge in [0.25, 0.3) is 5.56 Å². The molecule has 72 valence electrons. The number of rotatable bonds is 1. The first kappa shape index (κ1) is 9.99. The van der Waals surface area contributed by atoms with Crippen molar-refractivity contribution >= 4 is 0 Å². The van der Waals surface area contributed by atoms with E-state index in [1.54, 1.807) is 6.07 Å². The number of nitrogens with one attached hydrogen (secondary N) is 1. The lowest BCUT2D eigenvalue weighted by molar-refractivity contribution is 0.280. The zero-order chi connectivity index (χ0) is 10.1. The molecule has 0 amide bonds. The minimum absolute atomic E-state index is 0.0624. The van der Waals surface area contributed by atoms with Crippen LogP contribution in [0.15, 0.2) is 16.9 Å². The first-order chi connectivity index (χ1) is 5.95. The Morgan fingerprint density at radius 2 is 2.00 bits per heavy atom. The summed E-state index contributed by atoms with van der Waals surface area (Å²) in [6.07, 6.45) is 0. The standard InChI is InChI=1S/C10H15NO2/c1-10(2,3)8-5-4-7(6-12)9(13)11-8/h4-5,12H,6H2,1-3H3,(H,11,13). The van der Waals surface area contributed by atoms with Crippen molar-refractivity contribution in [2.75, 3.05) is 0 Å². The third-order valence-corrected chi connectivity index (χ3v) is 1.97. The first-order valence-corrected chi connectivity index (χ1v) is 4.28. The number of aromatic amines is 1. The monoisotopic (exact) mass is 181 g/mol. The highest BCUT2D eigenvalue weighted by Gasteiger charge is 2.14. The fourth-order valence-electron chi connectivity index (χ4n) is 1.07. The van der Waals surface area contributed by atoms with E-state index in [0.717, 1.165) is 5.69 Å². The summed E-state index contributed by atoms with van der Waals surface area (Å²) in [6, 6.07) is 3.51. The molecule has 2 N–H and O–H groups in total. The van der Waals surface area contributed by atoms with Crippen LogP contribution in [0.1, 0.15) is 32.0 Å². The lowest BCUT2D eigenvalue weighted by Crippen LogP contribution is -2.21. The van der Waals surface area contributed by atoms with Gasteiger partial charge >= 0.3 is 0 Å². The SMILES string of the molecule is CC(C)(C)c1ccc(CO)c(=O)[nH]1. The molecule has 0 saturated carbocycles. The van der Waals surface area contributed by atoms with Gasteiger partial charge < -0.3 is 10.1 Å². The summed E-state index contributed by atoms with van der Waals surface area (Å²) < 4.78 is 0. The van der Waals surface area contributed by atoms with Gasteiger partial charge in [-0.1, -0.05) is 20.8 Å². The molecule has 1 aromatic heterocycles. The molecule has 1 heterocycles. The molecule has 1 rings (SSSR count). The number of aromatic nitrogens is 1. The zero-order valence-corrected chi connectivity index (χ0v) is 8.22. The lowest BCUT2D eigenvalue weighted by Gasteiger charge is -2.18. The Morgan fingerprint density at radius 3 is 2.38 bits per heavy atom. The van der Waals surface area contributed by atoms with Crippen molar-refractivity contribution < 1.29 is 5.11 Å². The van der Waals surface area contributed by atoms with Gasteiger partial charge in [-0.2, -0.15) is 0 Å². The molecule has 0 bridgehead atoms. The molecule has 13 heavy (non-hydrogen) atoms. The maximum atomic E-state index is 11.3. The summed E-state index contributed by atoms with van der Waals surface area (Å²) in [5.74, 6) is 0. The van der Waals surface area contributed by atoms with Crippen LogP contribution >= 0.6 is 0 Å². The summed E-state index contributed by atoms with van der Waals surface area (Å²) in [5, 5.41) is 8.79. The summed E-state index contributed by atoms with van der Waals surface area (Å²) in [5.41, 5.74) is 1.03. The van der Waals surface area contributed by atoms with Gasteiger partial charge in [0.1, 0.15) is 0 Å². The molecule has 0 saturated heterocycles. The molecule has 3 heteroatoms. The van der Waals surface area contributed by atoms with Gasteiger partial charge in [0.05, 0.1) is 6.61 Å². The Balaban J connectivity index is 3.18. The van der Waals surface area contributed by atoms with E-state index in [-0.39, 0.29) is 17.6 Å². The van der Waals surface area contributed by atoms with Crippen molar-refractivity contribution in [2.24, 2.45) is 0 Å². The Kier molecular flexibility index (Phi) is 2.57. The number of H-pyrrole nitrogens is 1. The molecule has 0 atom stereocenters. The normalized spacial score (nSPS) is 11.7. The van der Waals surface area contributed by atoms with Gasteiger partial charge in [-0.25, -0.2) is 0 Å². The quantitative estimate of drug-likeness (QED) is 0.683. The fourth-order valence-corrected chi connectivity index (χ4v) is 1.07. The van der Waals surface area contributed by atoms with Crippen LogP contribution in [0.3, 0.4) is 0 Å². The van der Waals surface area contributed by atoms with Crippen LogP contribution < -0.4 is 5.56 Å². The molecular formula is C10H15NO2. The molecule has 0 spiro atoms. The highest BCUT2D eigenvalue weighted by molar-refractivity contribution is 5.18. The second kappa shape index (κ2) is 3.34. The number of aliphatic hydroxyl groups excluding tert-OH is 1. The maximum Gasteiger partial charge on any atom is 0.253 e. The highest BCUT2D eigenvalue weighted by Crippen LogP contribution is 2.18. The van der Waals surface area contributed by atoms with Crippen LogP contribution in [0.4, 0.5) is 0 Å². The molecule has 0 aromatic carbocycles. The third-order valence-electron chi connectivity index (χ3n) is 1.97. The fraction of sp³-hybridized carbons (Fsp3) is 0.500. The van der Waals surface area contributed by atoms with Crippen LogP contribution in [-0.2, 0) is 12.0 Å². The van der Waals surface area contributed by atoms with Crippen LogP contribution in [0.5, 0.6) is 0 Å². The second-order valence-corrected chi connectivity index (χ2v) is 4.13. The third kappa shape index (κ3) is 2.18. The molecule has 0 radical (unpaired) electrons. The molecule has 0 aliphatic rings. The van der Waals surface area contributed by atoms with Gasteiger partial charge in [-0.3, -0.25) is 4.79 Å². The largest absolute Gasteiger partial charge is 0.391 e. The Bertz CT molecular complexity index is 347. The summed E-state index contributed by atoms with van der Waals surface area (Å²) >= 11 is 0. The minimum atomic E-state index is -0.209. The number of aliphatic hydroxyl groups is 1. The topological polar surface area (TPSA) is 53.1 Å². The van der Waals surface area contributed by atoms with E-state index in [1.807, 2.05) is 26.8 Å². The van der Waals surface area contributed by atoms with Crippen molar-refractivity contribution in [3.8, 4) is 0 Å². The second-order valence-electron chi connectivity index (χ2n) is 4.13. The zero-order valence-electron chi connectivity index (χ0n) is 8.22. The van der Waals surface area contributed by atoms with Crippen LogP contribution in [0, 0.1) is 0 Å². The summed E-state index contributed by atoms with van der Waals surface area (Å²) in [4.78, 5) is 14.1. The molecule has 1 aromatic rings. The van der Waals surface area contributed by atoms with Crippen LogP contribution in [-0.4, -0.2) is 10.1 Å². The van der Waals surface area contributed by atoms with Gasteiger partial charge in [-0.15, -0.1) is 0 Å². The summed E-state index contributed by atoms with van der Waals surface area (Å²) in [6.45, 7) is 5.87. The van der Waals surface area contributed by atoms with Gasteiger partial charge in [0.15, 0.2) is 0 Å². The van der Waals surface area contributed by atoms with Crippen LogP contribution in [0.25, 0.3) is 0 Å². The average molecular weight is 181 g/mol. The Labute approximate surface area is 77.4 Å². The van der Waals surface area contributed by atoms with Gasteiger partial charge in [-0.05, 0) is 12.1 Å². The molecule has 0 unspecified atom stereocenters. The maximum absolute atomic E-state index is 11.3. The van der Waals surface area contributed by atoms with Crippen molar-refractivity contribution in [2.45, 2.75) is 32.8 Å². The van der Waals surface area contributed by atoms with Crippen molar-refractivity contribution in [1.82, 2.24) is 4.98 Å². The highest BCUT2D eigenvalue weighted by atomic mass is 16.3. The number of pyridine rings is 1. The van der Waals surface area contributed by atoms with E-state index in [0.29, 0.717) is 5.56 Å². The molecule has 3 nitrogen and oxygen atoms in total. The molecule has 0 fully saturated rings. The first-order valence-electron chi connectivity index (χ1n) is 4.28. The molecular weight excluding hydrogens is 166 g/mol. The van der Waals surface area contributed by atoms with E-state index < -0.39 is 0 Å². The van der Waals surface area contributed by atoms with E-state index in [4.69, 9.17) is 5.11 Å². The smallest absolute Gasteiger partial charge is 0.253 e. The number of hydrogen-bond donors (Lipinski definition) is 2. The van der Waals surface area contributed by atoms with Crippen molar-refractivity contribution in [3.05, 3.63) is 33.7 Å². The van der Waals surface area contributed by atoms with E-state index in [1.165, 1.54) is 0 Å². The Morgan fingerprint density at radius 1 is 1.38 bits per heavy atom. The lowest BCUT2D eigenvalue weighted by atomic mass is 9.91. The van der Waals surface area contributed by atoms with Crippen molar-refractivity contribution in [3.63, 3.8) is 0 Å². The number of hydrogen-bond acceptors (Lipinski definition) is 2. The summed E-state index contributed by atoms with van der Waals surface area (Å²) in [7, 11) is 0. The van der Waals surface area contributed by atoms with Gasteiger partial charge in [0, 0.05) is 16.7 Å². The Hall–Kier alpha value is -1.09. The average Bonchev–Trinajstić information content (AvgIpc) is 2.02. The predicted molar refractivity (Wildman–Crippen MR) is 51.7 cm³/mol. The van der Waals surface area contributed by atoms with E-state index >= 15 is 0 Å². The minimum Gasteiger partial charge on any atom is -0.391 e. The van der Waals surface area contributed by atoms with Crippen LogP contribution in [0.2, 0.25) is 0 Å². The molecule has 0 aliphatic carbocycles.